The lowest BCUT2D eigenvalue weighted by molar-refractivity contribution is 0.270. The first kappa shape index (κ1) is 24.9. The molecule has 0 bridgehead atoms. The van der Waals surface area contributed by atoms with Crippen molar-refractivity contribution in [3.8, 4) is 17.1 Å². The van der Waals surface area contributed by atoms with E-state index < -0.39 is 16.1 Å². The van der Waals surface area contributed by atoms with Gasteiger partial charge in [-0.05, 0) is 44.4 Å². The smallest absolute Gasteiger partial charge is 0.277 e. The fourth-order valence-electron chi connectivity index (χ4n) is 3.71. The van der Waals surface area contributed by atoms with E-state index in [9.17, 15) is 18.3 Å². The maximum absolute atomic E-state index is 13.0. The number of nitrogens with zero attached hydrogens (tertiary/aromatic N) is 3. The van der Waals surface area contributed by atoms with E-state index in [-0.39, 0.29) is 22.9 Å². The molecule has 3 N–H and O–H groups in total. The Labute approximate surface area is 193 Å². The van der Waals surface area contributed by atoms with E-state index in [0.717, 1.165) is 6.42 Å². The Morgan fingerprint density at radius 2 is 2.03 bits per heavy atom. The van der Waals surface area contributed by atoms with Crippen LogP contribution in [0.15, 0.2) is 27.9 Å². The molecule has 0 radical (unpaired) electrons. The lowest BCUT2D eigenvalue weighted by Crippen LogP contribution is -2.35. The van der Waals surface area contributed by atoms with E-state index in [1.165, 1.54) is 16.8 Å². The summed E-state index contributed by atoms with van der Waals surface area (Å²) in [5.41, 5.74) is 1.55. The van der Waals surface area contributed by atoms with Crippen LogP contribution in [-0.2, 0) is 23.5 Å². The van der Waals surface area contributed by atoms with E-state index in [4.69, 9.17) is 4.74 Å². The number of nitrogens with one attached hydrogen (secondary N) is 2. The van der Waals surface area contributed by atoms with Crippen molar-refractivity contribution >= 4 is 21.1 Å². The monoisotopic (exact) mass is 477 g/mol. The number of ether oxygens (including phenoxy) is 1. The molecular weight excluding hydrogens is 446 g/mol. The van der Waals surface area contributed by atoms with Crippen LogP contribution >= 0.6 is 0 Å². The van der Waals surface area contributed by atoms with Crippen LogP contribution in [0.3, 0.4) is 0 Å². The normalized spacial score (nSPS) is 12.9. The van der Waals surface area contributed by atoms with Crippen LogP contribution in [0.25, 0.3) is 22.4 Å². The summed E-state index contributed by atoms with van der Waals surface area (Å²) < 4.78 is 35.9. The van der Waals surface area contributed by atoms with Gasteiger partial charge in [-0.3, -0.25) is 9.48 Å². The average molecular weight is 478 g/mol. The number of benzene rings is 1. The zero-order chi connectivity index (χ0) is 24.2. The Hall–Kier alpha value is -2.76. The summed E-state index contributed by atoms with van der Waals surface area (Å²) in [6.07, 6.45) is 2.35. The zero-order valence-corrected chi connectivity index (χ0v) is 20.2. The van der Waals surface area contributed by atoms with Crippen LogP contribution < -0.4 is 15.0 Å². The number of fused-ring (bicyclic) bond motifs is 1. The maximum Gasteiger partial charge on any atom is 0.277 e. The van der Waals surface area contributed by atoms with Crippen LogP contribution in [0.1, 0.15) is 45.7 Å². The highest BCUT2D eigenvalue weighted by Crippen LogP contribution is 2.31. The van der Waals surface area contributed by atoms with Gasteiger partial charge in [-0.25, -0.2) is 18.1 Å². The number of aromatic amines is 1. The summed E-state index contributed by atoms with van der Waals surface area (Å²) in [7, 11) is -2.18. The summed E-state index contributed by atoms with van der Waals surface area (Å²) in [6.45, 7) is 5.91. The van der Waals surface area contributed by atoms with Gasteiger partial charge in [0.05, 0.1) is 22.8 Å². The molecule has 0 aliphatic carbocycles. The third-order valence-corrected chi connectivity index (χ3v) is 6.88. The molecule has 0 aliphatic heterocycles. The molecule has 180 valence electrons. The Kier molecular flexibility index (Phi) is 7.88. The molecule has 0 amide bonds. The van der Waals surface area contributed by atoms with Gasteiger partial charge in [-0.2, -0.15) is 5.10 Å². The number of aliphatic hydroxyl groups excluding tert-OH is 1. The van der Waals surface area contributed by atoms with Crippen LogP contribution in [0.5, 0.6) is 5.75 Å². The topological polar surface area (TPSA) is 139 Å². The number of sulfonamides is 1. The predicted octanol–water partition coefficient (Wildman–Crippen LogP) is 2.11. The number of rotatable bonds is 11. The van der Waals surface area contributed by atoms with E-state index in [0.29, 0.717) is 53.9 Å². The van der Waals surface area contributed by atoms with Crippen molar-refractivity contribution in [3.63, 3.8) is 0 Å². The van der Waals surface area contributed by atoms with E-state index in [1.54, 1.807) is 13.1 Å². The molecule has 0 saturated heterocycles. The number of hydrogen-bond donors (Lipinski definition) is 3. The van der Waals surface area contributed by atoms with Gasteiger partial charge in [0.15, 0.2) is 5.52 Å². The molecule has 1 unspecified atom stereocenters. The molecule has 1 atom stereocenters. The molecule has 0 spiro atoms. The zero-order valence-electron chi connectivity index (χ0n) is 19.4. The minimum atomic E-state index is -3.87. The van der Waals surface area contributed by atoms with Gasteiger partial charge in [0.25, 0.3) is 5.56 Å². The lowest BCUT2D eigenvalue weighted by Gasteiger charge is -2.17. The highest BCUT2D eigenvalue weighted by molar-refractivity contribution is 7.89. The first-order valence-electron chi connectivity index (χ1n) is 11.1. The second-order valence-corrected chi connectivity index (χ2v) is 9.48. The van der Waals surface area contributed by atoms with Crippen molar-refractivity contribution < 1.29 is 18.3 Å². The van der Waals surface area contributed by atoms with Crippen molar-refractivity contribution in [2.45, 2.75) is 57.4 Å². The molecule has 11 heteroatoms. The highest BCUT2D eigenvalue weighted by atomic mass is 32.2. The lowest BCUT2D eigenvalue weighted by atomic mass is 10.1. The van der Waals surface area contributed by atoms with Crippen LogP contribution in [0.2, 0.25) is 0 Å². The average Bonchev–Trinajstić information content (AvgIpc) is 3.09. The largest absolute Gasteiger partial charge is 0.493 e. The second-order valence-electron chi connectivity index (χ2n) is 7.76. The van der Waals surface area contributed by atoms with Gasteiger partial charge in [-0.1, -0.05) is 20.3 Å². The van der Waals surface area contributed by atoms with Crippen LogP contribution in [0, 0.1) is 0 Å². The quantitative estimate of drug-likeness (QED) is 0.384. The minimum Gasteiger partial charge on any atom is -0.493 e. The maximum atomic E-state index is 13.0. The van der Waals surface area contributed by atoms with Gasteiger partial charge in [0, 0.05) is 19.7 Å². The number of aromatic nitrogens is 4. The molecule has 2 heterocycles. The van der Waals surface area contributed by atoms with Crippen LogP contribution in [0.4, 0.5) is 0 Å². The Morgan fingerprint density at radius 3 is 2.67 bits per heavy atom. The Balaban J connectivity index is 2.16. The van der Waals surface area contributed by atoms with Crippen molar-refractivity contribution in [2.24, 2.45) is 7.05 Å². The van der Waals surface area contributed by atoms with Crippen molar-refractivity contribution in [2.75, 3.05) is 13.2 Å². The molecule has 2 aromatic heterocycles. The summed E-state index contributed by atoms with van der Waals surface area (Å²) in [5.74, 6) is 0.614. The minimum absolute atomic E-state index is 0.0139. The van der Waals surface area contributed by atoms with Gasteiger partial charge < -0.3 is 14.8 Å². The van der Waals surface area contributed by atoms with E-state index in [1.807, 2.05) is 20.8 Å². The van der Waals surface area contributed by atoms with E-state index in [2.05, 4.69) is 19.8 Å². The molecule has 3 rings (SSSR count). The highest BCUT2D eigenvalue weighted by Gasteiger charge is 2.23. The van der Waals surface area contributed by atoms with Crippen LogP contribution in [-0.4, -0.2) is 52.5 Å². The third-order valence-electron chi connectivity index (χ3n) is 5.36. The summed E-state index contributed by atoms with van der Waals surface area (Å²) >= 11 is 0. The van der Waals surface area contributed by atoms with Crippen molar-refractivity contribution in [1.82, 2.24) is 24.5 Å². The molecular formula is C22H31N5O5S. The predicted molar refractivity (Wildman–Crippen MR) is 126 cm³/mol. The molecule has 1 aromatic carbocycles. The SMILES string of the molecule is CCCc1nn(C)c2c(=O)[nH]c(-c3cc(S(=O)(=O)NC(CC)CCO)ccc3OCC)nc12. The Morgan fingerprint density at radius 1 is 1.27 bits per heavy atom. The van der Waals surface area contributed by atoms with Gasteiger partial charge in [0.2, 0.25) is 10.0 Å². The molecule has 0 saturated carbocycles. The number of H-pyrrole nitrogens is 1. The first-order valence-corrected chi connectivity index (χ1v) is 12.6. The summed E-state index contributed by atoms with van der Waals surface area (Å²) in [4.78, 5) is 20.3. The fraction of sp³-hybridized carbons (Fsp3) is 0.500. The van der Waals surface area contributed by atoms with Gasteiger partial charge in [-0.15, -0.1) is 0 Å². The number of aryl methyl sites for hydroxylation is 2. The van der Waals surface area contributed by atoms with Crippen molar-refractivity contribution in [1.29, 1.82) is 0 Å². The standard InChI is InChI=1S/C22H31N5O5S/c1-5-8-17-19-20(27(4)25-17)22(29)24-21(23-19)16-13-15(9-10-18(16)32-7-3)33(30,31)26-14(6-2)11-12-28/h9-10,13-14,26,28H,5-8,11-12H2,1-4H3,(H,23,24,29). The number of hydrogen-bond acceptors (Lipinski definition) is 7. The third kappa shape index (κ3) is 5.26. The summed E-state index contributed by atoms with van der Waals surface area (Å²) in [5, 5.41) is 13.6. The number of aliphatic hydroxyl groups is 1. The van der Waals surface area contributed by atoms with Gasteiger partial charge in [0.1, 0.15) is 17.1 Å². The van der Waals surface area contributed by atoms with E-state index >= 15 is 0 Å². The second kappa shape index (κ2) is 10.4. The molecule has 0 fully saturated rings. The molecule has 10 nitrogen and oxygen atoms in total. The molecule has 0 aliphatic rings. The summed E-state index contributed by atoms with van der Waals surface area (Å²) in [6, 6.07) is 4.06. The van der Waals surface area contributed by atoms with Gasteiger partial charge >= 0.3 is 0 Å². The van der Waals surface area contributed by atoms with Crippen molar-refractivity contribution in [3.05, 3.63) is 34.2 Å². The first-order chi connectivity index (χ1) is 15.7. The Bertz CT molecular complexity index is 1280. The molecule has 3 aromatic rings. The fourth-order valence-corrected chi connectivity index (χ4v) is 5.09. The molecule has 33 heavy (non-hydrogen) atoms.